The van der Waals surface area contributed by atoms with Crippen LogP contribution in [0, 0.1) is 5.82 Å². The highest BCUT2D eigenvalue weighted by Crippen LogP contribution is 2.22. The highest BCUT2D eigenvalue weighted by molar-refractivity contribution is 5.34. The molecule has 2 heterocycles. The summed E-state index contributed by atoms with van der Waals surface area (Å²) in [5.74, 6) is 0.917. The first-order valence-electron chi connectivity index (χ1n) is 7.00. The number of aromatic nitrogens is 2. The molecule has 0 bridgehead atoms. The summed E-state index contributed by atoms with van der Waals surface area (Å²) in [7, 11) is 1.55. The molecule has 0 unspecified atom stereocenters. The first-order chi connectivity index (χ1) is 10.7. The Morgan fingerprint density at radius 3 is 3.05 bits per heavy atom. The molecule has 0 radical (unpaired) electrons. The lowest BCUT2D eigenvalue weighted by atomic mass is 10.2. The molecule has 0 amide bonds. The fourth-order valence-corrected chi connectivity index (χ4v) is 2.38. The lowest BCUT2D eigenvalue weighted by Gasteiger charge is -2.14. The molecule has 22 heavy (non-hydrogen) atoms. The Hall–Kier alpha value is -2.12. The van der Waals surface area contributed by atoms with Gasteiger partial charge in [0.25, 0.3) is 0 Å². The largest absolute Gasteiger partial charge is 0.496 e. The lowest BCUT2D eigenvalue weighted by molar-refractivity contribution is 0.140. The summed E-state index contributed by atoms with van der Waals surface area (Å²) < 4.78 is 31.3. The minimum absolute atomic E-state index is 0.133. The van der Waals surface area contributed by atoms with Gasteiger partial charge in [0.2, 0.25) is 0 Å². The number of ether oxygens (including phenoxy) is 3. The Morgan fingerprint density at radius 1 is 1.45 bits per heavy atom. The van der Waals surface area contributed by atoms with Crippen molar-refractivity contribution in [3.8, 4) is 11.5 Å². The monoisotopic (exact) mass is 307 g/mol. The number of hydrogen-bond donors (Lipinski definition) is 1. The van der Waals surface area contributed by atoms with Crippen molar-refractivity contribution in [2.24, 2.45) is 5.73 Å². The van der Waals surface area contributed by atoms with Crippen LogP contribution in [0.25, 0.3) is 0 Å². The van der Waals surface area contributed by atoms with Crippen LogP contribution in [-0.4, -0.2) is 42.2 Å². The highest BCUT2D eigenvalue weighted by Gasteiger charge is 2.27. The van der Waals surface area contributed by atoms with Crippen molar-refractivity contribution in [2.75, 3.05) is 20.3 Å². The van der Waals surface area contributed by atoms with Gasteiger partial charge in [-0.05, 0) is 18.2 Å². The van der Waals surface area contributed by atoms with Gasteiger partial charge in [0.1, 0.15) is 17.7 Å². The second kappa shape index (κ2) is 6.33. The van der Waals surface area contributed by atoms with Gasteiger partial charge in [-0.2, -0.15) is 5.10 Å². The van der Waals surface area contributed by atoms with Gasteiger partial charge in [-0.15, -0.1) is 0 Å². The van der Waals surface area contributed by atoms with E-state index in [0.717, 1.165) is 0 Å². The van der Waals surface area contributed by atoms with Crippen LogP contribution in [0.4, 0.5) is 4.39 Å². The van der Waals surface area contributed by atoms with E-state index in [1.807, 2.05) is 0 Å². The lowest BCUT2D eigenvalue weighted by Crippen LogP contribution is -2.37. The normalized spacial score (nSPS) is 21.0. The van der Waals surface area contributed by atoms with Gasteiger partial charge in [-0.1, -0.05) is 0 Å². The van der Waals surface area contributed by atoms with Crippen LogP contribution in [-0.2, 0) is 11.3 Å². The van der Waals surface area contributed by atoms with Gasteiger partial charge in [-0.25, -0.2) is 4.39 Å². The standard InChI is InChI=1S/C15H18FN3O3/c1-20-14-3-2-11(16)4-10(14)6-19-7-12(5-18-19)22-15-9-21-8-13(15)17/h2-5,7,13,15H,6,8-9,17H2,1H3/t13-,15+/m0/s1. The number of nitrogens with zero attached hydrogens (tertiary/aromatic N) is 2. The van der Waals surface area contributed by atoms with E-state index < -0.39 is 0 Å². The predicted octanol–water partition coefficient (Wildman–Crippen LogP) is 1.18. The Bertz CT molecular complexity index is 647. The molecule has 2 atom stereocenters. The molecule has 2 aromatic rings. The SMILES string of the molecule is COc1ccc(F)cc1Cn1cc(O[C@@H]2COC[C@@H]2N)cn1. The Kier molecular flexibility index (Phi) is 4.26. The van der Waals surface area contributed by atoms with E-state index in [0.29, 0.717) is 36.8 Å². The molecule has 3 rings (SSSR count). The van der Waals surface area contributed by atoms with E-state index in [9.17, 15) is 4.39 Å². The summed E-state index contributed by atoms with van der Waals surface area (Å²) in [6.45, 7) is 1.36. The molecule has 1 aromatic carbocycles. The fourth-order valence-electron chi connectivity index (χ4n) is 2.38. The molecule has 6 nitrogen and oxygen atoms in total. The second-order valence-electron chi connectivity index (χ2n) is 5.19. The third-order valence-corrected chi connectivity index (χ3v) is 3.54. The smallest absolute Gasteiger partial charge is 0.157 e. The summed E-state index contributed by atoms with van der Waals surface area (Å²) in [4.78, 5) is 0. The van der Waals surface area contributed by atoms with Crippen molar-refractivity contribution in [1.82, 2.24) is 9.78 Å². The molecule has 1 fully saturated rings. The molecule has 1 aliphatic rings. The molecule has 2 N–H and O–H groups in total. The maximum atomic E-state index is 13.4. The predicted molar refractivity (Wildman–Crippen MR) is 77.5 cm³/mol. The van der Waals surface area contributed by atoms with Crippen LogP contribution in [0.15, 0.2) is 30.6 Å². The van der Waals surface area contributed by atoms with Crippen molar-refractivity contribution < 1.29 is 18.6 Å². The molecule has 1 aliphatic heterocycles. The highest BCUT2D eigenvalue weighted by atomic mass is 19.1. The van der Waals surface area contributed by atoms with Crippen molar-refractivity contribution in [1.29, 1.82) is 0 Å². The van der Waals surface area contributed by atoms with Crippen molar-refractivity contribution in [3.05, 3.63) is 42.0 Å². The van der Waals surface area contributed by atoms with Gasteiger partial charge >= 0.3 is 0 Å². The van der Waals surface area contributed by atoms with Crippen LogP contribution in [0.2, 0.25) is 0 Å². The van der Waals surface area contributed by atoms with Gasteiger partial charge in [0.15, 0.2) is 5.75 Å². The molecule has 1 saturated heterocycles. The van der Waals surface area contributed by atoms with E-state index >= 15 is 0 Å². The number of nitrogens with two attached hydrogens (primary N) is 1. The molecule has 1 aromatic heterocycles. The molecule has 0 aliphatic carbocycles. The molecule has 118 valence electrons. The quantitative estimate of drug-likeness (QED) is 0.898. The van der Waals surface area contributed by atoms with Crippen LogP contribution in [0.5, 0.6) is 11.5 Å². The number of hydrogen-bond acceptors (Lipinski definition) is 5. The summed E-state index contributed by atoms with van der Waals surface area (Å²) in [5, 5.41) is 4.22. The summed E-state index contributed by atoms with van der Waals surface area (Å²) >= 11 is 0. The van der Waals surface area contributed by atoms with Crippen LogP contribution in [0.3, 0.4) is 0 Å². The Morgan fingerprint density at radius 2 is 2.32 bits per heavy atom. The van der Waals surface area contributed by atoms with Crippen LogP contribution >= 0.6 is 0 Å². The average molecular weight is 307 g/mol. The zero-order valence-corrected chi connectivity index (χ0v) is 12.2. The first-order valence-corrected chi connectivity index (χ1v) is 7.00. The molecule has 0 saturated carbocycles. The van der Waals surface area contributed by atoms with Crippen molar-refractivity contribution in [2.45, 2.75) is 18.7 Å². The molecular formula is C15H18FN3O3. The average Bonchev–Trinajstić information content (AvgIpc) is 3.10. The maximum Gasteiger partial charge on any atom is 0.157 e. The summed E-state index contributed by atoms with van der Waals surface area (Å²) in [5.41, 5.74) is 6.58. The van der Waals surface area contributed by atoms with Gasteiger partial charge in [0.05, 0.1) is 45.3 Å². The van der Waals surface area contributed by atoms with E-state index in [-0.39, 0.29) is 18.0 Å². The number of benzene rings is 1. The Labute approximate surface area is 127 Å². The van der Waals surface area contributed by atoms with Gasteiger partial charge in [0, 0.05) is 5.56 Å². The molecule has 0 spiro atoms. The topological polar surface area (TPSA) is 71.5 Å². The van der Waals surface area contributed by atoms with Gasteiger partial charge in [-0.3, -0.25) is 4.68 Å². The zero-order chi connectivity index (χ0) is 15.5. The Balaban J connectivity index is 1.70. The minimum Gasteiger partial charge on any atom is -0.496 e. The number of rotatable bonds is 5. The number of halogens is 1. The third-order valence-electron chi connectivity index (χ3n) is 3.54. The molecule has 7 heteroatoms. The minimum atomic E-state index is -0.312. The van der Waals surface area contributed by atoms with E-state index in [4.69, 9.17) is 19.9 Å². The maximum absolute atomic E-state index is 13.4. The van der Waals surface area contributed by atoms with Crippen LogP contribution < -0.4 is 15.2 Å². The van der Waals surface area contributed by atoms with Gasteiger partial charge < -0.3 is 19.9 Å². The van der Waals surface area contributed by atoms with Crippen LogP contribution in [0.1, 0.15) is 5.56 Å². The number of methoxy groups -OCH3 is 1. The second-order valence-corrected chi connectivity index (χ2v) is 5.19. The van der Waals surface area contributed by atoms with E-state index in [1.165, 1.54) is 12.1 Å². The fraction of sp³-hybridized carbons (Fsp3) is 0.400. The summed E-state index contributed by atoms with van der Waals surface area (Å²) in [6.07, 6.45) is 3.19. The van der Waals surface area contributed by atoms with E-state index in [1.54, 1.807) is 30.3 Å². The van der Waals surface area contributed by atoms with E-state index in [2.05, 4.69) is 5.10 Å². The molecular weight excluding hydrogens is 289 g/mol. The first kappa shape index (κ1) is 14.8. The summed E-state index contributed by atoms with van der Waals surface area (Å²) in [6, 6.07) is 4.26. The van der Waals surface area contributed by atoms with Crippen molar-refractivity contribution >= 4 is 0 Å². The third kappa shape index (κ3) is 3.20. The zero-order valence-electron chi connectivity index (χ0n) is 12.2. The van der Waals surface area contributed by atoms with Crippen molar-refractivity contribution in [3.63, 3.8) is 0 Å².